The number of likely N-dealkylation sites (tertiary alicyclic amines) is 1. The Hall–Kier alpha value is -1.18. The Kier molecular flexibility index (Phi) is 4.73. The third-order valence-electron chi connectivity index (χ3n) is 6.28. The molecular weight excluding hydrogens is 324 g/mol. The zero-order valence-electron chi connectivity index (χ0n) is 14.7. The molecule has 2 unspecified atom stereocenters. The van der Waals surface area contributed by atoms with Crippen molar-refractivity contribution >= 4 is 11.9 Å². The van der Waals surface area contributed by atoms with E-state index in [1.807, 2.05) is 9.80 Å². The van der Waals surface area contributed by atoms with Crippen molar-refractivity contribution in [2.45, 2.75) is 56.7 Å². The summed E-state index contributed by atoms with van der Waals surface area (Å²) in [5.41, 5.74) is -0.000373. The van der Waals surface area contributed by atoms with Crippen molar-refractivity contribution in [2.24, 2.45) is 5.41 Å². The van der Waals surface area contributed by atoms with E-state index in [2.05, 4.69) is 0 Å². The number of carboxylic acid groups (broad SMARTS) is 1. The second-order valence-corrected chi connectivity index (χ2v) is 8.05. The summed E-state index contributed by atoms with van der Waals surface area (Å²) in [5.74, 6) is -0.686. The van der Waals surface area contributed by atoms with Crippen LogP contribution in [0.25, 0.3) is 0 Å². The highest BCUT2D eigenvalue weighted by molar-refractivity contribution is 5.84. The van der Waals surface area contributed by atoms with Crippen LogP contribution in [0, 0.1) is 5.41 Å². The van der Waals surface area contributed by atoms with E-state index in [0.29, 0.717) is 39.1 Å². The third kappa shape index (κ3) is 3.41. The number of hydrogen-bond donors (Lipinski definition) is 1. The predicted molar refractivity (Wildman–Crippen MR) is 89.2 cm³/mol. The van der Waals surface area contributed by atoms with Gasteiger partial charge in [0.25, 0.3) is 0 Å². The summed E-state index contributed by atoms with van der Waals surface area (Å²) < 4.78 is 11.3. The normalized spacial score (nSPS) is 33.4. The maximum absolute atomic E-state index is 13.3. The van der Waals surface area contributed by atoms with Gasteiger partial charge in [-0.1, -0.05) is 0 Å². The molecule has 1 amide bonds. The highest BCUT2D eigenvalue weighted by atomic mass is 16.5. The fourth-order valence-corrected chi connectivity index (χ4v) is 4.71. The van der Waals surface area contributed by atoms with E-state index in [9.17, 15) is 14.7 Å². The van der Waals surface area contributed by atoms with Gasteiger partial charge in [0.05, 0.1) is 19.3 Å². The fraction of sp³-hybridized carbons (Fsp3) is 0.889. The van der Waals surface area contributed by atoms with Gasteiger partial charge in [0, 0.05) is 37.8 Å². The average molecular weight is 352 g/mol. The molecule has 4 fully saturated rings. The van der Waals surface area contributed by atoms with Gasteiger partial charge in [-0.2, -0.15) is 0 Å². The molecule has 3 aliphatic heterocycles. The van der Waals surface area contributed by atoms with E-state index in [0.717, 1.165) is 38.9 Å². The molecule has 140 valence electrons. The van der Waals surface area contributed by atoms with Crippen LogP contribution in [0.1, 0.15) is 38.5 Å². The maximum Gasteiger partial charge on any atom is 0.320 e. The van der Waals surface area contributed by atoms with Crippen LogP contribution >= 0.6 is 0 Å². The molecule has 1 aliphatic carbocycles. The van der Waals surface area contributed by atoms with Gasteiger partial charge in [-0.25, -0.2) is 0 Å². The molecule has 0 bridgehead atoms. The van der Waals surface area contributed by atoms with Gasteiger partial charge < -0.3 is 19.5 Å². The Bertz CT molecular complexity index is 530. The van der Waals surface area contributed by atoms with Gasteiger partial charge in [-0.05, 0) is 38.5 Å². The Morgan fingerprint density at radius 1 is 0.960 bits per heavy atom. The first-order valence-corrected chi connectivity index (χ1v) is 9.54. The van der Waals surface area contributed by atoms with Crippen molar-refractivity contribution in [1.29, 1.82) is 0 Å². The van der Waals surface area contributed by atoms with Gasteiger partial charge >= 0.3 is 5.97 Å². The number of carbonyl (C=O) groups is 2. The molecule has 1 saturated carbocycles. The number of carboxylic acids is 1. The van der Waals surface area contributed by atoms with Crippen LogP contribution in [0.3, 0.4) is 0 Å². The second-order valence-electron chi connectivity index (χ2n) is 8.05. The van der Waals surface area contributed by atoms with E-state index in [1.54, 1.807) is 0 Å². The predicted octanol–water partition coefficient (Wildman–Crippen LogP) is 0.722. The summed E-state index contributed by atoms with van der Waals surface area (Å²) in [6.07, 6.45) is 5.10. The summed E-state index contributed by atoms with van der Waals surface area (Å²) in [4.78, 5) is 28.8. The molecule has 0 aromatic carbocycles. The van der Waals surface area contributed by atoms with Crippen LogP contribution in [-0.2, 0) is 19.1 Å². The first-order valence-electron chi connectivity index (χ1n) is 9.54. The molecule has 1 N–H and O–H groups in total. The average Bonchev–Trinajstić information content (AvgIpc) is 3.38. The van der Waals surface area contributed by atoms with E-state index in [-0.39, 0.29) is 23.4 Å². The van der Waals surface area contributed by atoms with Crippen molar-refractivity contribution in [2.75, 3.05) is 39.5 Å². The molecule has 7 nitrogen and oxygen atoms in total. The first kappa shape index (κ1) is 17.2. The molecule has 1 spiro atoms. The third-order valence-corrected chi connectivity index (χ3v) is 6.28. The highest BCUT2D eigenvalue weighted by Gasteiger charge is 2.50. The van der Waals surface area contributed by atoms with Crippen molar-refractivity contribution < 1.29 is 24.2 Å². The maximum atomic E-state index is 13.3. The topological polar surface area (TPSA) is 79.3 Å². The molecule has 0 aromatic heterocycles. The molecule has 4 aliphatic rings. The van der Waals surface area contributed by atoms with Crippen molar-refractivity contribution in [3.8, 4) is 0 Å². The van der Waals surface area contributed by atoms with Crippen molar-refractivity contribution in [3.05, 3.63) is 0 Å². The zero-order valence-corrected chi connectivity index (χ0v) is 14.7. The van der Waals surface area contributed by atoms with E-state index < -0.39 is 12.0 Å². The number of nitrogens with zero attached hydrogens (tertiary/aromatic N) is 2. The Morgan fingerprint density at radius 3 is 2.36 bits per heavy atom. The van der Waals surface area contributed by atoms with E-state index in [1.165, 1.54) is 0 Å². The molecular formula is C18H28N2O5. The summed E-state index contributed by atoms with van der Waals surface area (Å²) in [5, 5.41) is 9.51. The number of ether oxygens (including phenoxy) is 2. The SMILES string of the molecule is O=C(O)C1CCC(C(=O)N2CCOCC3(CCOCC3)C2)N1C1CC1. The molecule has 0 aromatic rings. The summed E-state index contributed by atoms with van der Waals surface area (Å²) in [6.45, 7) is 4.02. The van der Waals surface area contributed by atoms with Gasteiger partial charge in [0.2, 0.25) is 5.91 Å². The van der Waals surface area contributed by atoms with E-state index >= 15 is 0 Å². The van der Waals surface area contributed by atoms with Crippen LogP contribution < -0.4 is 0 Å². The monoisotopic (exact) mass is 352 g/mol. The number of amides is 1. The van der Waals surface area contributed by atoms with Crippen LogP contribution in [0.5, 0.6) is 0 Å². The first-order chi connectivity index (χ1) is 12.1. The number of rotatable bonds is 3. The smallest absolute Gasteiger partial charge is 0.320 e. The number of hydrogen-bond acceptors (Lipinski definition) is 5. The molecule has 25 heavy (non-hydrogen) atoms. The summed E-state index contributed by atoms with van der Waals surface area (Å²) in [6, 6.07) is -0.497. The van der Waals surface area contributed by atoms with Crippen LogP contribution in [0.15, 0.2) is 0 Å². The lowest BCUT2D eigenvalue weighted by Gasteiger charge is -2.39. The van der Waals surface area contributed by atoms with Gasteiger partial charge in [0.15, 0.2) is 0 Å². The molecule has 4 rings (SSSR count). The van der Waals surface area contributed by atoms with Crippen molar-refractivity contribution in [1.82, 2.24) is 9.80 Å². The van der Waals surface area contributed by atoms with E-state index in [4.69, 9.17) is 9.47 Å². The molecule has 0 radical (unpaired) electrons. The number of aliphatic carboxylic acids is 1. The Morgan fingerprint density at radius 2 is 1.68 bits per heavy atom. The minimum atomic E-state index is -0.790. The zero-order chi connectivity index (χ0) is 17.4. The van der Waals surface area contributed by atoms with Crippen molar-refractivity contribution in [3.63, 3.8) is 0 Å². The lowest BCUT2D eigenvalue weighted by molar-refractivity contribution is -0.145. The van der Waals surface area contributed by atoms with Crippen LogP contribution in [-0.4, -0.2) is 84.4 Å². The molecule has 2 atom stereocenters. The van der Waals surface area contributed by atoms with Crippen LogP contribution in [0.4, 0.5) is 0 Å². The summed E-state index contributed by atoms with van der Waals surface area (Å²) in [7, 11) is 0. The molecule has 3 saturated heterocycles. The molecule has 7 heteroatoms. The van der Waals surface area contributed by atoms with Crippen LogP contribution in [0.2, 0.25) is 0 Å². The lowest BCUT2D eigenvalue weighted by Crippen LogP contribution is -2.53. The second kappa shape index (κ2) is 6.85. The standard InChI is InChI=1S/C18H28N2O5/c21-16(14-3-4-15(17(22)23)20(14)13-1-2-13)19-7-10-25-12-18(11-19)5-8-24-9-6-18/h13-15H,1-12H2,(H,22,23). The highest BCUT2D eigenvalue weighted by Crippen LogP contribution is 2.39. The van der Waals surface area contributed by atoms with Gasteiger partial charge in [-0.3, -0.25) is 14.5 Å². The lowest BCUT2D eigenvalue weighted by atomic mass is 9.80. The summed E-state index contributed by atoms with van der Waals surface area (Å²) >= 11 is 0. The Balaban J connectivity index is 1.50. The van der Waals surface area contributed by atoms with Gasteiger partial charge in [0.1, 0.15) is 6.04 Å². The number of carbonyl (C=O) groups excluding carboxylic acids is 1. The van der Waals surface area contributed by atoms with Gasteiger partial charge in [-0.15, -0.1) is 0 Å². The molecule has 3 heterocycles. The Labute approximate surface area is 148 Å². The minimum Gasteiger partial charge on any atom is -0.480 e. The minimum absolute atomic E-state index is 0.000373. The quantitative estimate of drug-likeness (QED) is 0.806. The fourth-order valence-electron chi connectivity index (χ4n) is 4.71. The largest absolute Gasteiger partial charge is 0.480 e.